The first-order valence-corrected chi connectivity index (χ1v) is 17.6. The molecule has 0 saturated heterocycles. The van der Waals surface area contributed by atoms with Crippen LogP contribution in [0.1, 0.15) is 87.5 Å². The van der Waals surface area contributed by atoms with Crippen molar-refractivity contribution in [1.29, 1.82) is 0 Å². The van der Waals surface area contributed by atoms with Gasteiger partial charge in [0.25, 0.3) is 0 Å². The molecule has 1 N–H and O–H groups in total. The number of allylic oxidation sites excluding steroid dienone is 1. The Morgan fingerprint density at radius 1 is 1.08 bits per heavy atom. The van der Waals surface area contributed by atoms with Crippen LogP contribution in [-0.2, 0) is 18.8 Å². The monoisotopic (exact) mass is 648 g/mol. The van der Waals surface area contributed by atoms with Crippen LogP contribution in [0.5, 0.6) is 0 Å². The van der Waals surface area contributed by atoms with Gasteiger partial charge in [-0.05, 0) is 59.9 Å². The molecule has 0 aliphatic carbocycles. The molecule has 0 heterocycles. The molecule has 7 heteroatoms. The number of aliphatic hydroxyl groups is 1. The van der Waals surface area contributed by atoms with Gasteiger partial charge in [-0.2, -0.15) is 0 Å². The predicted octanol–water partition coefficient (Wildman–Crippen LogP) is 8.18. The molecule has 0 fully saturated rings. The van der Waals surface area contributed by atoms with Gasteiger partial charge in [0.2, 0.25) is 0 Å². The molecular weight excluding hydrogens is 595 g/mol. The van der Waals surface area contributed by atoms with E-state index in [0.29, 0.717) is 6.42 Å². The van der Waals surface area contributed by atoms with Crippen LogP contribution in [0.3, 0.4) is 0 Å². The number of halogens is 1. The Kier molecular flexibility index (Phi) is 15.4. The van der Waals surface area contributed by atoms with E-state index in [1.54, 1.807) is 13.0 Å². The van der Waals surface area contributed by atoms with Crippen molar-refractivity contribution in [2.24, 2.45) is 17.3 Å². The molecule has 0 amide bonds. The van der Waals surface area contributed by atoms with Crippen LogP contribution in [-0.4, -0.2) is 43.5 Å². The molecule has 0 aromatic heterocycles. The summed E-state index contributed by atoms with van der Waals surface area (Å²) >= 11 is 2.14. The maximum atomic E-state index is 13.9. The Bertz CT molecular complexity index is 796. The fourth-order valence-electron chi connectivity index (χ4n) is 4.03. The average molecular weight is 649 g/mol. The normalized spacial score (nSPS) is 17.4. The van der Waals surface area contributed by atoms with Crippen molar-refractivity contribution in [2.75, 3.05) is 0 Å². The highest BCUT2D eigenvalue weighted by atomic mass is 127. The zero-order valence-electron chi connectivity index (χ0n) is 25.0. The van der Waals surface area contributed by atoms with E-state index in [9.17, 15) is 14.7 Å². The molecule has 0 rings (SSSR count). The van der Waals surface area contributed by atoms with Gasteiger partial charge >= 0.3 is 5.97 Å². The quantitative estimate of drug-likeness (QED) is 0.0567. The van der Waals surface area contributed by atoms with Crippen molar-refractivity contribution in [1.82, 2.24) is 0 Å². The number of aliphatic hydroxyl groups excluding tert-OH is 1. The maximum absolute atomic E-state index is 13.9. The van der Waals surface area contributed by atoms with Gasteiger partial charge in [0.05, 0.1) is 18.6 Å². The third kappa shape index (κ3) is 11.1. The van der Waals surface area contributed by atoms with E-state index in [2.05, 4.69) is 69.6 Å². The molecule has 0 saturated carbocycles. The summed E-state index contributed by atoms with van der Waals surface area (Å²) < 4.78 is 14.5. The summed E-state index contributed by atoms with van der Waals surface area (Å²) in [7, 11) is -2.34. The minimum atomic E-state index is -2.34. The molecule has 0 aliphatic rings. The number of esters is 1. The van der Waals surface area contributed by atoms with Gasteiger partial charge in [0.15, 0.2) is 8.32 Å². The highest BCUT2D eigenvalue weighted by molar-refractivity contribution is 14.1. The molecule has 37 heavy (non-hydrogen) atoms. The van der Waals surface area contributed by atoms with Crippen LogP contribution < -0.4 is 0 Å². The fourth-order valence-corrected chi connectivity index (χ4v) is 5.88. The summed E-state index contributed by atoms with van der Waals surface area (Å²) in [6.45, 7) is 27.5. The second-order valence-electron chi connectivity index (χ2n) is 12.5. The fraction of sp³-hybridized carbons (Fsp3) is 0.733. The number of hydrogen-bond donors (Lipinski definition) is 1. The summed E-state index contributed by atoms with van der Waals surface area (Å²) in [5.74, 6) is -1.12. The summed E-state index contributed by atoms with van der Waals surface area (Å²) in [6.07, 6.45) is 4.86. The molecule has 0 aliphatic heterocycles. The standard InChI is InChI=1S/C30H53IO5Si/c1-13-15-16-18-21(3)27(33)23(5)28(34)30(9,10)25(36-37(11,12)29(6,7)8)19-26(32)35-24(17-14-2)22(4)20-31/h13-14,20-21,23-25,27,33H,1-2,15-19H2,3-12H3/b22-20+/t21-,23+,24-,25-,27-/m0/s1. The zero-order chi connectivity index (χ0) is 29.2. The number of hydrogen-bond acceptors (Lipinski definition) is 5. The number of carbonyl (C=O) groups excluding carboxylic acids is 2. The minimum absolute atomic E-state index is 0.0258. The molecular formula is C30H53IO5Si. The summed E-state index contributed by atoms with van der Waals surface area (Å²) in [5.41, 5.74) is -0.0639. The first kappa shape index (κ1) is 36.2. The number of ether oxygens (including phenoxy) is 1. The smallest absolute Gasteiger partial charge is 0.309 e. The number of unbranched alkanes of at least 4 members (excludes halogenated alkanes) is 1. The summed E-state index contributed by atoms with van der Waals surface area (Å²) in [5, 5.41) is 10.9. The molecule has 5 nitrogen and oxygen atoms in total. The van der Waals surface area contributed by atoms with Crippen LogP contribution in [0.4, 0.5) is 0 Å². The number of rotatable bonds is 17. The first-order valence-electron chi connectivity index (χ1n) is 13.5. The second-order valence-corrected chi connectivity index (χ2v) is 17.9. The number of carbonyl (C=O) groups is 2. The lowest BCUT2D eigenvalue weighted by atomic mass is 9.73. The molecule has 0 bridgehead atoms. The molecule has 214 valence electrons. The lowest BCUT2D eigenvalue weighted by Crippen LogP contribution is -2.52. The van der Waals surface area contributed by atoms with Crippen molar-refractivity contribution in [3.8, 4) is 0 Å². The number of ketones is 1. The van der Waals surface area contributed by atoms with Gasteiger partial charge < -0.3 is 14.3 Å². The van der Waals surface area contributed by atoms with E-state index >= 15 is 0 Å². The second kappa shape index (κ2) is 15.7. The predicted molar refractivity (Wildman–Crippen MR) is 166 cm³/mol. The van der Waals surface area contributed by atoms with Crippen molar-refractivity contribution >= 4 is 42.7 Å². The van der Waals surface area contributed by atoms with Crippen molar-refractivity contribution < 1.29 is 23.9 Å². The van der Waals surface area contributed by atoms with E-state index in [1.807, 2.05) is 37.9 Å². The highest BCUT2D eigenvalue weighted by Gasteiger charge is 2.48. The van der Waals surface area contributed by atoms with Gasteiger partial charge in [-0.15, -0.1) is 13.2 Å². The Morgan fingerprint density at radius 3 is 2.11 bits per heavy atom. The van der Waals surface area contributed by atoms with Crippen LogP contribution in [0.25, 0.3) is 0 Å². The van der Waals surface area contributed by atoms with Gasteiger partial charge in [0, 0.05) is 17.8 Å². The van der Waals surface area contributed by atoms with Crippen molar-refractivity contribution in [2.45, 2.75) is 124 Å². The third-order valence-electron chi connectivity index (χ3n) is 7.95. The van der Waals surface area contributed by atoms with E-state index < -0.39 is 43.9 Å². The van der Waals surface area contributed by atoms with E-state index in [0.717, 1.165) is 24.8 Å². The van der Waals surface area contributed by atoms with Crippen molar-refractivity contribution in [3.63, 3.8) is 0 Å². The Balaban J connectivity index is 6.05. The highest BCUT2D eigenvalue weighted by Crippen LogP contribution is 2.42. The lowest BCUT2D eigenvalue weighted by molar-refractivity contribution is -0.153. The van der Waals surface area contributed by atoms with Gasteiger partial charge in [0.1, 0.15) is 11.9 Å². The first-order chi connectivity index (χ1) is 16.9. The van der Waals surface area contributed by atoms with Crippen molar-refractivity contribution in [3.05, 3.63) is 35.0 Å². The van der Waals surface area contributed by atoms with E-state index in [-0.39, 0.29) is 23.2 Å². The van der Waals surface area contributed by atoms with Crippen LogP contribution >= 0.6 is 22.6 Å². The molecule has 0 spiro atoms. The molecule has 5 atom stereocenters. The summed E-state index contributed by atoms with van der Waals surface area (Å²) in [4.78, 5) is 27.1. The average Bonchev–Trinajstić information content (AvgIpc) is 2.80. The molecule has 0 radical (unpaired) electrons. The topological polar surface area (TPSA) is 72.8 Å². The minimum Gasteiger partial charge on any atom is -0.457 e. The largest absolute Gasteiger partial charge is 0.457 e. The maximum Gasteiger partial charge on any atom is 0.309 e. The molecule has 0 unspecified atom stereocenters. The molecule has 0 aromatic carbocycles. The Labute approximate surface area is 241 Å². The van der Waals surface area contributed by atoms with Gasteiger partial charge in [-0.3, -0.25) is 9.59 Å². The lowest BCUT2D eigenvalue weighted by Gasteiger charge is -2.44. The third-order valence-corrected chi connectivity index (χ3v) is 13.4. The van der Waals surface area contributed by atoms with Gasteiger partial charge in [-0.1, -0.05) is 83.2 Å². The Morgan fingerprint density at radius 2 is 1.65 bits per heavy atom. The number of Topliss-reactive ketones (excluding diaryl/α,β-unsaturated/α-hetero) is 1. The SMILES string of the molecule is C=CCCC[C@H](C)[C@H](O)[C@@H](C)C(=O)C(C)(C)[C@H](CC(=O)O[C@@H](CC=C)/C(C)=C/I)O[Si](C)(C)C(C)(C)C. The Hall–Kier alpha value is -0.773. The summed E-state index contributed by atoms with van der Waals surface area (Å²) in [6, 6.07) is 0. The van der Waals surface area contributed by atoms with Crippen LogP contribution in [0.2, 0.25) is 18.1 Å². The van der Waals surface area contributed by atoms with Crippen LogP contribution in [0.15, 0.2) is 35.0 Å². The van der Waals surface area contributed by atoms with E-state index in [4.69, 9.17) is 9.16 Å². The van der Waals surface area contributed by atoms with Gasteiger partial charge in [-0.25, -0.2) is 0 Å². The van der Waals surface area contributed by atoms with E-state index in [1.165, 1.54) is 0 Å². The molecule has 0 aromatic rings. The zero-order valence-corrected chi connectivity index (χ0v) is 28.2. The van der Waals surface area contributed by atoms with Crippen LogP contribution in [0, 0.1) is 17.3 Å².